The molecule has 3 aliphatic carbocycles. The monoisotopic (exact) mass is 516 g/mol. The fourth-order valence-corrected chi connectivity index (χ4v) is 4.63. The summed E-state index contributed by atoms with van der Waals surface area (Å²) >= 11 is 6.17. The van der Waals surface area contributed by atoms with Crippen LogP contribution in [-0.4, -0.2) is 60.4 Å². The number of fused-ring (bicyclic) bond motifs is 1. The maximum absolute atomic E-state index is 15.2. The van der Waals surface area contributed by atoms with E-state index in [-0.39, 0.29) is 28.3 Å². The number of carbonyl (C=O) groups is 2. The normalized spacial score (nSPS) is 24.5. The fraction of sp³-hybridized carbons (Fsp3) is 0.522. The number of alkyl carbamates (subject to hydrolysis) is 1. The number of hydrogen-bond donors (Lipinski definition) is 4. The number of nitrogens with one attached hydrogen (secondary N) is 4. The van der Waals surface area contributed by atoms with Gasteiger partial charge in [-0.3, -0.25) is 14.3 Å². The molecule has 3 fully saturated rings. The molecule has 13 heteroatoms. The summed E-state index contributed by atoms with van der Waals surface area (Å²) in [7, 11) is 0. The van der Waals surface area contributed by atoms with Crippen molar-refractivity contribution in [2.24, 2.45) is 0 Å². The summed E-state index contributed by atoms with van der Waals surface area (Å²) in [4.78, 5) is 33.2. The van der Waals surface area contributed by atoms with Gasteiger partial charge in [0.05, 0.1) is 0 Å². The zero-order valence-electron chi connectivity index (χ0n) is 19.6. The van der Waals surface area contributed by atoms with E-state index in [9.17, 15) is 9.59 Å². The van der Waals surface area contributed by atoms with Crippen LogP contribution in [0.2, 0.25) is 5.15 Å². The number of rotatable bonds is 7. The van der Waals surface area contributed by atoms with Crippen LogP contribution in [0, 0.1) is 0 Å². The Morgan fingerprint density at radius 3 is 2.78 bits per heavy atom. The van der Waals surface area contributed by atoms with Gasteiger partial charge in [0.25, 0.3) is 5.91 Å². The van der Waals surface area contributed by atoms with Crippen LogP contribution in [0.3, 0.4) is 0 Å². The summed E-state index contributed by atoms with van der Waals surface area (Å²) in [6, 6.07) is 3.46. The van der Waals surface area contributed by atoms with Crippen LogP contribution in [0.1, 0.15) is 67.5 Å². The van der Waals surface area contributed by atoms with Crippen molar-refractivity contribution in [1.29, 1.82) is 0 Å². The molecule has 3 saturated carbocycles. The van der Waals surface area contributed by atoms with Crippen LogP contribution < -0.4 is 16.0 Å². The van der Waals surface area contributed by atoms with E-state index in [1.54, 1.807) is 22.7 Å². The second kappa shape index (κ2) is 8.61. The molecular weight excluding hydrogens is 491 g/mol. The lowest BCUT2D eigenvalue weighted by molar-refractivity contribution is 0.0546. The Morgan fingerprint density at radius 1 is 1.22 bits per heavy atom. The Bertz CT molecular complexity index is 1330. The van der Waals surface area contributed by atoms with Gasteiger partial charge >= 0.3 is 6.09 Å². The Kier molecular flexibility index (Phi) is 5.51. The number of ether oxygens (including phenoxy) is 1. The molecular formula is C23H26ClFN8O3. The molecule has 6 rings (SSSR count). The van der Waals surface area contributed by atoms with Crippen LogP contribution in [0.5, 0.6) is 0 Å². The number of anilines is 2. The molecule has 0 unspecified atom stereocenters. The van der Waals surface area contributed by atoms with E-state index in [0.717, 1.165) is 25.7 Å². The predicted molar refractivity (Wildman–Crippen MR) is 128 cm³/mol. The third-order valence-electron chi connectivity index (χ3n) is 6.97. The molecule has 3 aromatic rings. The van der Waals surface area contributed by atoms with Crippen molar-refractivity contribution in [3.05, 3.63) is 34.9 Å². The molecule has 3 atom stereocenters. The largest absolute Gasteiger partial charge is 0.443 e. The molecule has 0 saturated heterocycles. The third kappa shape index (κ3) is 4.69. The van der Waals surface area contributed by atoms with Crippen molar-refractivity contribution in [2.45, 2.75) is 75.2 Å². The quantitative estimate of drug-likeness (QED) is 0.352. The van der Waals surface area contributed by atoms with Gasteiger partial charge in [0.2, 0.25) is 5.95 Å². The molecule has 2 amide bonds. The second-order valence-corrected chi connectivity index (χ2v) is 10.5. The first-order valence-electron chi connectivity index (χ1n) is 12.1. The van der Waals surface area contributed by atoms with Gasteiger partial charge < -0.3 is 20.7 Å². The number of hydrogen-bond acceptors (Lipinski definition) is 7. The van der Waals surface area contributed by atoms with E-state index in [1.165, 1.54) is 0 Å². The summed E-state index contributed by atoms with van der Waals surface area (Å²) in [5, 5.41) is 16.1. The van der Waals surface area contributed by atoms with E-state index in [0.29, 0.717) is 35.9 Å². The number of nitrogens with zero attached hydrogens (tertiary/aromatic N) is 4. The molecule has 0 bridgehead atoms. The van der Waals surface area contributed by atoms with Crippen LogP contribution in [0.15, 0.2) is 18.3 Å². The van der Waals surface area contributed by atoms with Crippen molar-refractivity contribution in [3.63, 3.8) is 0 Å². The Morgan fingerprint density at radius 2 is 2.03 bits per heavy atom. The summed E-state index contributed by atoms with van der Waals surface area (Å²) in [6.45, 7) is 1.94. The van der Waals surface area contributed by atoms with E-state index >= 15 is 4.39 Å². The summed E-state index contributed by atoms with van der Waals surface area (Å²) < 4.78 is 22.1. The second-order valence-electron chi connectivity index (χ2n) is 10.1. The minimum Gasteiger partial charge on any atom is -0.443 e. The van der Waals surface area contributed by atoms with Gasteiger partial charge in [-0.15, -0.1) is 0 Å². The van der Waals surface area contributed by atoms with Gasteiger partial charge in [0.1, 0.15) is 28.8 Å². The zero-order chi connectivity index (χ0) is 25.0. The smallest absolute Gasteiger partial charge is 0.407 e. The number of imidazole rings is 1. The van der Waals surface area contributed by atoms with Crippen molar-refractivity contribution >= 4 is 41.0 Å². The molecule has 0 aliphatic heterocycles. The molecule has 0 aromatic carbocycles. The standard InChI is InChI=1S/C23H26ClFN8O3/c1-23(6-7-23)30-22(35)36-15-5-4-12(19(15)25)13-8-17(32-31-13)29-21-28-16(24)9-18-27-14(10-33(18)21)20(34)26-11-2-3-11/h8-12,15,19H,2-7H2,1H3,(H,26,34)(H,30,35)(H2,28,29,31,32)/t12-,15-,19-/m0/s1. The summed E-state index contributed by atoms with van der Waals surface area (Å²) in [5.41, 5.74) is 1.07. The molecule has 4 N–H and O–H groups in total. The van der Waals surface area contributed by atoms with E-state index < -0.39 is 24.3 Å². The van der Waals surface area contributed by atoms with Gasteiger partial charge in [0.15, 0.2) is 5.82 Å². The molecule has 190 valence electrons. The third-order valence-corrected chi connectivity index (χ3v) is 7.16. The Balaban J connectivity index is 1.15. The molecule has 3 aromatic heterocycles. The van der Waals surface area contributed by atoms with Crippen molar-refractivity contribution in [1.82, 2.24) is 35.2 Å². The van der Waals surface area contributed by atoms with Gasteiger partial charge in [-0.2, -0.15) is 5.10 Å². The van der Waals surface area contributed by atoms with Gasteiger partial charge in [-0.05, 0) is 45.4 Å². The zero-order valence-corrected chi connectivity index (χ0v) is 20.3. The predicted octanol–water partition coefficient (Wildman–Crippen LogP) is 3.60. The highest BCUT2D eigenvalue weighted by atomic mass is 35.5. The van der Waals surface area contributed by atoms with Gasteiger partial charge in [-0.1, -0.05) is 11.6 Å². The summed E-state index contributed by atoms with van der Waals surface area (Å²) in [6.07, 6.45) is 3.54. The van der Waals surface area contributed by atoms with Gasteiger partial charge in [0, 0.05) is 41.5 Å². The van der Waals surface area contributed by atoms with Crippen LogP contribution in [0.25, 0.3) is 5.65 Å². The summed E-state index contributed by atoms with van der Waals surface area (Å²) in [5.74, 6) is -0.0316. The first kappa shape index (κ1) is 23.0. The number of aromatic amines is 1. The highest BCUT2D eigenvalue weighted by Gasteiger charge is 2.43. The molecule has 36 heavy (non-hydrogen) atoms. The number of amides is 2. The van der Waals surface area contributed by atoms with Crippen molar-refractivity contribution in [3.8, 4) is 0 Å². The van der Waals surface area contributed by atoms with Crippen LogP contribution in [-0.2, 0) is 4.74 Å². The van der Waals surface area contributed by atoms with Crippen molar-refractivity contribution < 1.29 is 18.7 Å². The minimum absolute atomic E-state index is 0.193. The van der Waals surface area contributed by atoms with Crippen LogP contribution >= 0.6 is 11.6 Å². The molecule has 0 radical (unpaired) electrons. The van der Waals surface area contributed by atoms with E-state index in [2.05, 4.69) is 36.1 Å². The lowest BCUT2D eigenvalue weighted by Gasteiger charge is -2.19. The minimum atomic E-state index is -1.35. The fourth-order valence-electron chi connectivity index (χ4n) is 4.45. The molecule has 3 heterocycles. The SMILES string of the molecule is CC1(NC(=O)O[C@H]2CC[C@@H](c3cc(Nc4nc(Cl)cc5nc(C(=O)NC6CC6)cn45)n[nH]3)[C@@H]2F)CC1. The highest BCUT2D eigenvalue weighted by molar-refractivity contribution is 6.29. The number of halogens is 2. The Labute approximate surface area is 210 Å². The first-order chi connectivity index (χ1) is 17.3. The first-order valence-corrected chi connectivity index (χ1v) is 12.5. The molecule has 3 aliphatic rings. The molecule has 0 spiro atoms. The number of alkyl halides is 1. The number of H-pyrrole nitrogens is 1. The average Bonchev–Trinajstić information content (AvgIpc) is 3.61. The lowest BCUT2D eigenvalue weighted by Crippen LogP contribution is -2.38. The lowest BCUT2D eigenvalue weighted by atomic mass is 10.0. The number of aromatic nitrogens is 5. The van der Waals surface area contributed by atoms with Gasteiger partial charge in [-0.25, -0.2) is 19.2 Å². The average molecular weight is 517 g/mol. The Hall–Kier alpha value is -3.41. The van der Waals surface area contributed by atoms with Crippen molar-refractivity contribution in [2.75, 3.05) is 5.32 Å². The topological polar surface area (TPSA) is 138 Å². The van der Waals surface area contributed by atoms with E-state index in [1.807, 2.05) is 6.92 Å². The maximum atomic E-state index is 15.2. The van der Waals surface area contributed by atoms with Crippen LogP contribution in [0.4, 0.5) is 21.0 Å². The maximum Gasteiger partial charge on any atom is 0.407 e. The highest BCUT2D eigenvalue weighted by Crippen LogP contribution is 2.39. The molecule has 11 nitrogen and oxygen atoms in total. The van der Waals surface area contributed by atoms with E-state index in [4.69, 9.17) is 16.3 Å². The number of carbonyl (C=O) groups excluding carboxylic acids is 2.